The van der Waals surface area contributed by atoms with Crippen LogP contribution in [0.25, 0.3) is 0 Å². The molecule has 0 bridgehead atoms. The number of hydrogen-bond acceptors (Lipinski definition) is 7. The number of rotatable bonds is 8. The quantitative estimate of drug-likeness (QED) is 0.324. The number of aliphatic carboxylic acids is 1. The molecular weight excluding hydrogens is 452 g/mol. The van der Waals surface area contributed by atoms with Gasteiger partial charge >= 0.3 is 5.97 Å². The van der Waals surface area contributed by atoms with Gasteiger partial charge in [-0.3, -0.25) is 14.5 Å². The van der Waals surface area contributed by atoms with Crippen LogP contribution in [0.15, 0.2) is 23.4 Å². The molecular formula is C23H27ClN2O7. The van der Waals surface area contributed by atoms with Gasteiger partial charge in [0.05, 0.1) is 23.1 Å². The molecule has 1 amide bonds. The molecule has 10 heteroatoms. The number of nitrogens with zero attached hydrogens (tertiary/aromatic N) is 2. The molecule has 4 N–H and O–H groups in total. The SMILES string of the molecule is C[C@@H](O)[C@H]1C(=O)N2C(C(=O)O)=C(CN3CC(C(=O)CCc4ccc(O)c(O)c4Cl)C3)[C@H](C)[C@H]12. The number of halogens is 1. The number of carboxylic acids is 1. The van der Waals surface area contributed by atoms with Gasteiger partial charge in [-0.1, -0.05) is 24.6 Å². The van der Waals surface area contributed by atoms with Crippen LogP contribution in [-0.2, 0) is 20.8 Å². The van der Waals surface area contributed by atoms with Gasteiger partial charge in [-0.2, -0.15) is 0 Å². The minimum Gasteiger partial charge on any atom is -0.504 e. The van der Waals surface area contributed by atoms with Crippen molar-refractivity contribution >= 4 is 29.3 Å². The van der Waals surface area contributed by atoms with Crippen molar-refractivity contribution in [2.24, 2.45) is 17.8 Å². The molecule has 1 aromatic carbocycles. The first kappa shape index (κ1) is 23.5. The number of amides is 1. The molecule has 0 aliphatic carbocycles. The minimum atomic E-state index is -1.15. The second-order valence-corrected chi connectivity index (χ2v) is 9.57. The molecule has 0 spiro atoms. The van der Waals surface area contributed by atoms with Crippen molar-refractivity contribution in [3.8, 4) is 11.5 Å². The van der Waals surface area contributed by atoms with Gasteiger partial charge in [0.25, 0.3) is 0 Å². The van der Waals surface area contributed by atoms with E-state index in [4.69, 9.17) is 11.6 Å². The van der Waals surface area contributed by atoms with Crippen molar-refractivity contribution in [1.82, 2.24) is 9.80 Å². The van der Waals surface area contributed by atoms with Crippen molar-refractivity contribution in [3.63, 3.8) is 0 Å². The number of β-lactam (4-membered cyclic amide) rings is 1. The number of likely N-dealkylation sites (tertiary alicyclic amines) is 1. The summed E-state index contributed by atoms with van der Waals surface area (Å²) in [4.78, 5) is 40.2. The fourth-order valence-corrected chi connectivity index (χ4v) is 5.50. The van der Waals surface area contributed by atoms with Gasteiger partial charge in [-0.05, 0) is 30.5 Å². The van der Waals surface area contributed by atoms with Gasteiger partial charge in [0.1, 0.15) is 11.5 Å². The predicted molar refractivity (Wildman–Crippen MR) is 118 cm³/mol. The normalized spacial score (nSPS) is 26.1. The number of carboxylic acid groups (broad SMARTS) is 1. The summed E-state index contributed by atoms with van der Waals surface area (Å²) in [5.41, 5.74) is 1.24. The molecule has 1 aromatic rings. The standard InChI is InChI=1S/C23H27ClN2O7/c1-10-14(20(23(32)33)26-19(10)17(11(2)27)22(26)31)9-25-7-13(8-25)15(28)5-3-12-4-6-16(29)21(30)18(12)24/h4,6,10-11,13,17,19,27,29-30H,3,5,7-9H2,1-2H3,(H,32,33)/t10-,11+,17+,19+/m0/s1. The number of aliphatic hydroxyl groups is 1. The van der Waals surface area contributed by atoms with Crippen LogP contribution in [-0.4, -0.2) is 79.7 Å². The topological polar surface area (TPSA) is 139 Å². The molecule has 0 aromatic heterocycles. The van der Waals surface area contributed by atoms with Gasteiger partial charge in [-0.25, -0.2) is 4.79 Å². The summed E-state index contributed by atoms with van der Waals surface area (Å²) in [7, 11) is 0. The minimum absolute atomic E-state index is 0.00552. The largest absolute Gasteiger partial charge is 0.504 e. The zero-order valence-electron chi connectivity index (χ0n) is 18.4. The summed E-state index contributed by atoms with van der Waals surface area (Å²) < 4.78 is 0. The Morgan fingerprint density at radius 2 is 1.91 bits per heavy atom. The van der Waals surface area contributed by atoms with E-state index in [0.29, 0.717) is 37.2 Å². The van der Waals surface area contributed by atoms with Gasteiger partial charge < -0.3 is 25.3 Å². The first-order valence-corrected chi connectivity index (χ1v) is 11.3. The smallest absolute Gasteiger partial charge is 0.352 e. The third kappa shape index (κ3) is 3.88. The summed E-state index contributed by atoms with van der Waals surface area (Å²) in [5, 5.41) is 38.9. The van der Waals surface area contributed by atoms with E-state index in [0.717, 1.165) is 0 Å². The molecule has 3 heterocycles. The Hall–Kier alpha value is -2.62. The van der Waals surface area contributed by atoms with Crippen molar-refractivity contribution < 1.29 is 34.8 Å². The Balaban J connectivity index is 1.35. The van der Waals surface area contributed by atoms with Gasteiger partial charge in [0.2, 0.25) is 5.91 Å². The van der Waals surface area contributed by atoms with Crippen LogP contribution < -0.4 is 0 Å². The predicted octanol–water partition coefficient (Wildman–Crippen LogP) is 1.38. The maximum atomic E-state index is 12.6. The van der Waals surface area contributed by atoms with E-state index in [1.165, 1.54) is 11.0 Å². The molecule has 4 rings (SSSR count). The number of Topliss-reactive ketones (excluding diaryl/α,β-unsaturated/α-hetero) is 1. The summed E-state index contributed by atoms with van der Waals surface area (Å²) in [6.45, 7) is 4.77. The van der Waals surface area contributed by atoms with Crippen LogP contribution in [0.1, 0.15) is 25.8 Å². The number of aliphatic hydroxyl groups excluding tert-OH is 1. The molecule has 2 fully saturated rings. The molecule has 3 aliphatic rings. The molecule has 33 heavy (non-hydrogen) atoms. The van der Waals surface area contributed by atoms with Crippen LogP contribution in [0, 0.1) is 17.8 Å². The third-order valence-electron chi connectivity index (χ3n) is 7.14. The highest BCUT2D eigenvalue weighted by atomic mass is 35.5. The lowest BCUT2D eigenvalue weighted by molar-refractivity contribution is -0.163. The first-order chi connectivity index (χ1) is 15.5. The lowest BCUT2D eigenvalue weighted by Crippen LogP contribution is -2.63. The monoisotopic (exact) mass is 478 g/mol. The fraction of sp³-hybridized carbons (Fsp3) is 0.522. The van der Waals surface area contributed by atoms with Crippen molar-refractivity contribution in [2.75, 3.05) is 19.6 Å². The number of ketones is 1. The van der Waals surface area contributed by atoms with Crippen LogP contribution in [0.4, 0.5) is 0 Å². The molecule has 0 unspecified atom stereocenters. The number of aryl methyl sites for hydroxylation is 1. The highest BCUT2D eigenvalue weighted by Crippen LogP contribution is 2.47. The zero-order valence-corrected chi connectivity index (χ0v) is 19.1. The first-order valence-electron chi connectivity index (χ1n) is 10.9. The number of carbonyl (C=O) groups excluding carboxylic acids is 2. The van der Waals surface area contributed by atoms with E-state index in [1.807, 2.05) is 11.8 Å². The summed E-state index contributed by atoms with van der Waals surface area (Å²) >= 11 is 6.02. The molecule has 2 saturated heterocycles. The molecule has 4 atom stereocenters. The fourth-order valence-electron chi connectivity index (χ4n) is 5.25. The summed E-state index contributed by atoms with van der Waals surface area (Å²) in [6.07, 6.45) is -0.263. The number of phenolic OH excluding ortho intramolecular Hbond substituents is 2. The van der Waals surface area contributed by atoms with E-state index >= 15 is 0 Å². The average molecular weight is 479 g/mol. The van der Waals surface area contributed by atoms with Gasteiger partial charge in [0, 0.05) is 37.9 Å². The van der Waals surface area contributed by atoms with Crippen LogP contribution in [0.3, 0.4) is 0 Å². The lowest BCUT2D eigenvalue weighted by atomic mass is 9.77. The maximum Gasteiger partial charge on any atom is 0.352 e. The summed E-state index contributed by atoms with van der Waals surface area (Å²) in [6, 6.07) is 2.56. The Bertz CT molecular complexity index is 1050. The second-order valence-electron chi connectivity index (χ2n) is 9.20. The number of fused-ring (bicyclic) bond motifs is 1. The Morgan fingerprint density at radius 1 is 1.24 bits per heavy atom. The van der Waals surface area contributed by atoms with Gasteiger partial charge in [-0.15, -0.1) is 0 Å². The Labute approximate surface area is 195 Å². The van der Waals surface area contributed by atoms with Gasteiger partial charge in [0.15, 0.2) is 11.5 Å². The number of benzene rings is 1. The van der Waals surface area contributed by atoms with Crippen LogP contribution in [0.5, 0.6) is 11.5 Å². The second kappa shape index (κ2) is 8.62. The third-order valence-corrected chi connectivity index (χ3v) is 7.56. The zero-order chi connectivity index (χ0) is 24.2. The molecule has 0 radical (unpaired) electrons. The van der Waals surface area contributed by atoms with Crippen LogP contribution >= 0.6 is 11.6 Å². The highest BCUT2D eigenvalue weighted by molar-refractivity contribution is 6.33. The Morgan fingerprint density at radius 3 is 2.52 bits per heavy atom. The van der Waals surface area contributed by atoms with E-state index in [1.54, 1.807) is 13.0 Å². The number of hydrogen-bond donors (Lipinski definition) is 4. The van der Waals surface area contributed by atoms with Crippen molar-refractivity contribution in [2.45, 2.75) is 38.8 Å². The number of carbonyl (C=O) groups is 3. The van der Waals surface area contributed by atoms with E-state index < -0.39 is 23.7 Å². The number of aromatic hydroxyl groups is 2. The highest BCUT2D eigenvalue weighted by Gasteiger charge is 2.60. The van der Waals surface area contributed by atoms with Crippen molar-refractivity contribution in [1.29, 1.82) is 0 Å². The molecule has 178 valence electrons. The lowest BCUT2D eigenvalue weighted by Gasteiger charge is -2.46. The molecule has 0 saturated carbocycles. The van der Waals surface area contributed by atoms with E-state index in [2.05, 4.69) is 0 Å². The maximum absolute atomic E-state index is 12.6. The molecule has 9 nitrogen and oxygen atoms in total. The Kier molecular flexibility index (Phi) is 6.15. The van der Waals surface area contributed by atoms with E-state index in [9.17, 15) is 34.8 Å². The summed E-state index contributed by atoms with van der Waals surface area (Å²) in [5.74, 6) is -3.13. The number of phenols is 2. The van der Waals surface area contributed by atoms with Crippen LogP contribution in [0.2, 0.25) is 5.02 Å². The van der Waals surface area contributed by atoms with E-state index in [-0.39, 0.29) is 52.5 Å². The van der Waals surface area contributed by atoms with Crippen molar-refractivity contribution in [3.05, 3.63) is 34.0 Å². The molecule has 3 aliphatic heterocycles. The average Bonchev–Trinajstić information content (AvgIpc) is 2.96.